The highest BCUT2D eigenvalue weighted by Gasteiger charge is 2.17. The summed E-state index contributed by atoms with van der Waals surface area (Å²) in [6.07, 6.45) is 4.14. The molecule has 9 heteroatoms. The molecule has 5 N–H and O–H groups in total. The fraction of sp³-hybridized carbons (Fsp3) is 0.333. The largest absolute Gasteiger partial charge is 0.508 e. The minimum absolute atomic E-state index is 0.178. The van der Waals surface area contributed by atoms with Gasteiger partial charge in [-0.2, -0.15) is 0 Å². The number of aromatic nitrogens is 2. The number of anilines is 1. The van der Waals surface area contributed by atoms with E-state index in [0.29, 0.717) is 37.4 Å². The SMILES string of the molecule is CCc1c(-c2ccc(C(=O)NCCCNC(=O)OC(C)(C)C)nc2)cnc(N)c1-c1ccc(O)cc1. The number of phenols is 1. The van der Waals surface area contributed by atoms with Gasteiger partial charge in [-0.25, -0.2) is 9.78 Å². The number of alkyl carbamates (subject to hydrolysis) is 1. The molecule has 0 aliphatic heterocycles. The number of hydrogen-bond acceptors (Lipinski definition) is 7. The smallest absolute Gasteiger partial charge is 0.407 e. The van der Waals surface area contributed by atoms with E-state index >= 15 is 0 Å². The maximum atomic E-state index is 12.5. The van der Waals surface area contributed by atoms with Crippen molar-refractivity contribution in [2.45, 2.75) is 46.1 Å². The Hall–Kier alpha value is -4.14. The molecule has 0 spiro atoms. The van der Waals surface area contributed by atoms with Gasteiger partial charge in [-0.15, -0.1) is 0 Å². The minimum atomic E-state index is -0.552. The first-order chi connectivity index (χ1) is 17.1. The van der Waals surface area contributed by atoms with Crippen molar-refractivity contribution < 1.29 is 19.4 Å². The molecule has 0 bridgehead atoms. The van der Waals surface area contributed by atoms with E-state index in [-0.39, 0.29) is 11.7 Å². The molecular formula is C27H33N5O4. The van der Waals surface area contributed by atoms with Crippen LogP contribution in [-0.4, -0.2) is 45.8 Å². The van der Waals surface area contributed by atoms with Crippen LogP contribution in [0.15, 0.2) is 48.8 Å². The fourth-order valence-electron chi connectivity index (χ4n) is 3.71. The Morgan fingerprint density at radius 3 is 2.25 bits per heavy atom. The molecule has 0 atom stereocenters. The summed E-state index contributed by atoms with van der Waals surface area (Å²) in [5.41, 5.74) is 10.3. The summed E-state index contributed by atoms with van der Waals surface area (Å²) in [7, 11) is 0. The molecule has 0 unspecified atom stereocenters. The number of pyridine rings is 2. The van der Waals surface area contributed by atoms with Gasteiger partial charge in [0.05, 0.1) is 0 Å². The van der Waals surface area contributed by atoms with Crippen LogP contribution in [0.4, 0.5) is 10.6 Å². The molecule has 2 aromatic heterocycles. The van der Waals surface area contributed by atoms with E-state index in [0.717, 1.165) is 27.8 Å². The van der Waals surface area contributed by atoms with Crippen LogP contribution in [-0.2, 0) is 11.2 Å². The van der Waals surface area contributed by atoms with Crippen LogP contribution in [0.3, 0.4) is 0 Å². The van der Waals surface area contributed by atoms with Crippen molar-refractivity contribution in [2.75, 3.05) is 18.8 Å². The molecule has 190 valence electrons. The van der Waals surface area contributed by atoms with Gasteiger partial charge in [0.25, 0.3) is 5.91 Å². The van der Waals surface area contributed by atoms with Crippen molar-refractivity contribution in [1.82, 2.24) is 20.6 Å². The maximum Gasteiger partial charge on any atom is 0.407 e. The summed E-state index contributed by atoms with van der Waals surface area (Å²) in [6.45, 7) is 8.20. The number of nitrogens with two attached hydrogens (primary N) is 1. The average molecular weight is 492 g/mol. The first kappa shape index (κ1) is 26.5. The van der Waals surface area contributed by atoms with Crippen LogP contribution in [0.25, 0.3) is 22.3 Å². The molecule has 0 radical (unpaired) electrons. The van der Waals surface area contributed by atoms with Gasteiger partial charge in [-0.05, 0) is 62.9 Å². The molecular weight excluding hydrogens is 458 g/mol. The predicted octanol–water partition coefficient (Wildman–Crippen LogP) is 4.31. The number of benzene rings is 1. The third-order valence-corrected chi connectivity index (χ3v) is 5.34. The number of carbonyl (C=O) groups excluding carboxylic acids is 2. The number of ether oxygens (including phenoxy) is 1. The Kier molecular flexibility index (Phi) is 8.47. The van der Waals surface area contributed by atoms with E-state index in [1.807, 2.05) is 13.0 Å². The number of phenolic OH excluding ortho intramolecular Hbond substituents is 1. The Labute approximate surface area is 211 Å². The summed E-state index contributed by atoms with van der Waals surface area (Å²) in [5.74, 6) is 0.290. The van der Waals surface area contributed by atoms with Gasteiger partial charge in [0, 0.05) is 42.2 Å². The zero-order chi connectivity index (χ0) is 26.3. The second-order valence-corrected chi connectivity index (χ2v) is 9.28. The van der Waals surface area contributed by atoms with Crippen LogP contribution < -0.4 is 16.4 Å². The highest BCUT2D eigenvalue weighted by atomic mass is 16.6. The highest BCUT2D eigenvalue weighted by molar-refractivity contribution is 5.92. The van der Waals surface area contributed by atoms with Crippen LogP contribution >= 0.6 is 0 Å². The molecule has 2 amide bonds. The number of aromatic hydroxyl groups is 1. The van der Waals surface area contributed by atoms with E-state index < -0.39 is 11.7 Å². The third kappa shape index (κ3) is 6.94. The van der Waals surface area contributed by atoms with Crippen molar-refractivity contribution in [3.05, 3.63) is 60.0 Å². The van der Waals surface area contributed by atoms with Gasteiger partial charge >= 0.3 is 6.09 Å². The van der Waals surface area contributed by atoms with E-state index in [2.05, 4.69) is 20.6 Å². The third-order valence-electron chi connectivity index (χ3n) is 5.34. The van der Waals surface area contributed by atoms with Crippen LogP contribution in [0, 0.1) is 0 Å². The minimum Gasteiger partial charge on any atom is -0.508 e. The summed E-state index contributed by atoms with van der Waals surface area (Å²) in [5, 5.41) is 15.1. The van der Waals surface area contributed by atoms with Crippen LogP contribution in [0.5, 0.6) is 5.75 Å². The monoisotopic (exact) mass is 491 g/mol. The van der Waals surface area contributed by atoms with Crippen LogP contribution in [0.2, 0.25) is 0 Å². The molecule has 0 aliphatic rings. The van der Waals surface area contributed by atoms with Gasteiger partial charge in [-0.3, -0.25) is 9.78 Å². The highest BCUT2D eigenvalue weighted by Crippen LogP contribution is 2.36. The second kappa shape index (κ2) is 11.5. The molecule has 0 saturated heterocycles. The molecule has 0 aliphatic carbocycles. The van der Waals surface area contributed by atoms with Gasteiger partial charge in [0.15, 0.2) is 0 Å². The number of nitrogen functional groups attached to an aromatic ring is 1. The van der Waals surface area contributed by atoms with Crippen molar-refractivity contribution in [1.29, 1.82) is 0 Å². The van der Waals surface area contributed by atoms with Crippen molar-refractivity contribution in [3.8, 4) is 28.0 Å². The lowest BCUT2D eigenvalue weighted by molar-refractivity contribution is 0.0527. The Morgan fingerprint density at radius 2 is 1.64 bits per heavy atom. The first-order valence-electron chi connectivity index (χ1n) is 11.9. The van der Waals surface area contributed by atoms with Crippen molar-refractivity contribution >= 4 is 17.8 Å². The summed E-state index contributed by atoms with van der Waals surface area (Å²) < 4.78 is 5.17. The number of nitrogens with one attached hydrogen (secondary N) is 2. The van der Waals surface area contributed by atoms with E-state index in [4.69, 9.17) is 10.5 Å². The molecule has 3 aromatic rings. The molecule has 9 nitrogen and oxygen atoms in total. The predicted molar refractivity (Wildman–Crippen MR) is 140 cm³/mol. The van der Waals surface area contributed by atoms with E-state index in [1.54, 1.807) is 63.5 Å². The standard InChI is InChI=1S/C27H33N5O4/c1-5-20-21(16-32-24(28)23(20)17-7-10-19(33)11-8-17)18-9-12-22(31-15-18)25(34)29-13-6-14-30-26(35)36-27(2,3)4/h7-12,15-16,33H,5-6,13-14H2,1-4H3,(H2,28,32)(H,29,34)(H,30,35). The number of carbonyl (C=O) groups is 2. The lowest BCUT2D eigenvalue weighted by Crippen LogP contribution is -2.34. The van der Waals surface area contributed by atoms with E-state index in [9.17, 15) is 14.7 Å². The van der Waals surface area contributed by atoms with Crippen molar-refractivity contribution in [2.24, 2.45) is 0 Å². The fourth-order valence-corrected chi connectivity index (χ4v) is 3.71. The number of hydrogen-bond donors (Lipinski definition) is 4. The topological polar surface area (TPSA) is 139 Å². The second-order valence-electron chi connectivity index (χ2n) is 9.28. The zero-order valence-electron chi connectivity index (χ0n) is 21.1. The van der Waals surface area contributed by atoms with Gasteiger partial charge in [0.1, 0.15) is 22.9 Å². The number of nitrogens with zero attached hydrogens (tertiary/aromatic N) is 2. The molecule has 1 aromatic carbocycles. The van der Waals surface area contributed by atoms with Crippen molar-refractivity contribution in [3.63, 3.8) is 0 Å². The lowest BCUT2D eigenvalue weighted by atomic mass is 9.92. The first-order valence-corrected chi connectivity index (χ1v) is 11.9. The molecule has 36 heavy (non-hydrogen) atoms. The van der Waals surface area contributed by atoms with Gasteiger partial charge in [-0.1, -0.05) is 25.1 Å². The van der Waals surface area contributed by atoms with E-state index in [1.165, 1.54) is 0 Å². The zero-order valence-corrected chi connectivity index (χ0v) is 21.1. The Balaban J connectivity index is 1.65. The molecule has 3 rings (SSSR count). The molecule has 2 heterocycles. The Morgan fingerprint density at radius 1 is 0.972 bits per heavy atom. The number of rotatable bonds is 8. The summed E-state index contributed by atoms with van der Waals surface area (Å²) >= 11 is 0. The molecule has 0 fully saturated rings. The van der Waals surface area contributed by atoms with Gasteiger partial charge < -0.3 is 26.2 Å². The number of amides is 2. The van der Waals surface area contributed by atoms with Gasteiger partial charge in [0.2, 0.25) is 0 Å². The summed E-state index contributed by atoms with van der Waals surface area (Å²) in [4.78, 5) is 32.8. The Bertz CT molecular complexity index is 1200. The average Bonchev–Trinajstić information content (AvgIpc) is 2.83. The molecule has 0 saturated carbocycles. The summed E-state index contributed by atoms with van der Waals surface area (Å²) in [6, 6.07) is 10.3. The quantitative estimate of drug-likeness (QED) is 0.344. The lowest BCUT2D eigenvalue weighted by Gasteiger charge is -2.19. The van der Waals surface area contributed by atoms with Crippen LogP contribution in [0.1, 0.15) is 50.2 Å². The normalized spacial score (nSPS) is 11.1. The maximum absolute atomic E-state index is 12.5.